The zero-order valence-electron chi connectivity index (χ0n) is 15.8. The van der Waals surface area contributed by atoms with Crippen LogP contribution in [0, 0.1) is 0 Å². The molecule has 1 atom stereocenters. The van der Waals surface area contributed by atoms with Crippen molar-refractivity contribution in [2.24, 2.45) is 7.05 Å². The Morgan fingerprint density at radius 2 is 1.87 bits per heavy atom. The lowest BCUT2D eigenvalue weighted by molar-refractivity contribution is -0.113. The third-order valence-electron chi connectivity index (χ3n) is 3.96. The Morgan fingerprint density at radius 1 is 1.13 bits per heavy atom. The van der Waals surface area contributed by atoms with Crippen molar-refractivity contribution in [3.05, 3.63) is 62.3 Å². The summed E-state index contributed by atoms with van der Waals surface area (Å²) in [5.74, 6) is 1.08. The van der Waals surface area contributed by atoms with Crippen LogP contribution in [0.4, 0.5) is 5.69 Å². The number of aromatic nitrogens is 3. The van der Waals surface area contributed by atoms with Gasteiger partial charge in [-0.1, -0.05) is 64.2 Å². The van der Waals surface area contributed by atoms with Crippen molar-refractivity contribution in [2.75, 3.05) is 11.1 Å². The minimum atomic E-state index is -0.362. The SMILES string of the molecule is CC(Oc1cccc(Cl)c1)c1nnc(SCC(=O)Nc2cc(Cl)c(Cl)cc2Cl)n1C. The Balaban J connectivity index is 1.61. The number of amides is 1. The highest BCUT2D eigenvalue weighted by atomic mass is 35.5. The van der Waals surface area contributed by atoms with Gasteiger partial charge in [0.15, 0.2) is 17.1 Å². The van der Waals surface area contributed by atoms with Crippen LogP contribution in [-0.4, -0.2) is 26.4 Å². The maximum Gasteiger partial charge on any atom is 0.234 e. The van der Waals surface area contributed by atoms with Gasteiger partial charge in [-0.2, -0.15) is 0 Å². The molecular formula is C19H16Cl4N4O2S. The van der Waals surface area contributed by atoms with Gasteiger partial charge in [0, 0.05) is 12.1 Å². The summed E-state index contributed by atoms with van der Waals surface area (Å²) in [7, 11) is 1.81. The summed E-state index contributed by atoms with van der Waals surface area (Å²) in [5, 5.41) is 13.1. The van der Waals surface area contributed by atoms with Crippen LogP contribution >= 0.6 is 58.2 Å². The number of carbonyl (C=O) groups is 1. The van der Waals surface area contributed by atoms with E-state index in [2.05, 4.69) is 15.5 Å². The fraction of sp³-hybridized carbons (Fsp3) is 0.211. The molecule has 2 aromatic carbocycles. The number of rotatable bonds is 7. The highest BCUT2D eigenvalue weighted by Gasteiger charge is 2.18. The molecule has 0 bridgehead atoms. The van der Waals surface area contributed by atoms with Crippen LogP contribution in [-0.2, 0) is 11.8 Å². The number of hydrogen-bond donors (Lipinski definition) is 1. The smallest absolute Gasteiger partial charge is 0.234 e. The number of nitrogens with zero attached hydrogens (tertiary/aromatic N) is 3. The normalized spacial score (nSPS) is 11.9. The van der Waals surface area contributed by atoms with Crippen molar-refractivity contribution >= 4 is 69.8 Å². The van der Waals surface area contributed by atoms with Crippen LogP contribution in [0.2, 0.25) is 20.1 Å². The molecule has 0 aliphatic heterocycles. The van der Waals surface area contributed by atoms with Crippen LogP contribution < -0.4 is 10.1 Å². The summed E-state index contributed by atoms with van der Waals surface area (Å²) >= 11 is 25.2. The fourth-order valence-corrected chi connectivity index (χ4v) is 4.03. The second kappa shape index (κ2) is 10.1. The van der Waals surface area contributed by atoms with Gasteiger partial charge in [-0.25, -0.2) is 0 Å². The van der Waals surface area contributed by atoms with Crippen molar-refractivity contribution in [1.29, 1.82) is 0 Å². The van der Waals surface area contributed by atoms with E-state index < -0.39 is 0 Å². The first-order chi connectivity index (χ1) is 14.2. The second-order valence-electron chi connectivity index (χ2n) is 6.20. The first kappa shape index (κ1) is 23.0. The molecule has 0 saturated heterocycles. The van der Waals surface area contributed by atoms with Gasteiger partial charge in [-0.15, -0.1) is 10.2 Å². The molecular weight excluding hydrogens is 490 g/mol. The van der Waals surface area contributed by atoms with Gasteiger partial charge in [0.2, 0.25) is 5.91 Å². The molecule has 0 saturated carbocycles. The van der Waals surface area contributed by atoms with E-state index in [1.54, 1.807) is 22.8 Å². The molecule has 0 aliphatic rings. The molecule has 6 nitrogen and oxygen atoms in total. The summed E-state index contributed by atoms with van der Waals surface area (Å²) in [6.07, 6.45) is -0.362. The summed E-state index contributed by atoms with van der Waals surface area (Å²) in [5.41, 5.74) is 0.388. The minimum absolute atomic E-state index is 0.103. The Labute approximate surface area is 197 Å². The van der Waals surface area contributed by atoms with Crippen LogP contribution in [0.25, 0.3) is 0 Å². The van der Waals surface area contributed by atoms with E-state index in [0.29, 0.717) is 42.5 Å². The predicted octanol–water partition coefficient (Wildman–Crippen LogP) is 6.30. The lowest BCUT2D eigenvalue weighted by atomic mass is 10.3. The van der Waals surface area contributed by atoms with Gasteiger partial charge < -0.3 is 14.6 Å². The number of hydrogen-bond acceptors (Lipinski definition) is 5. The van der Waals surface area contributed by atoms with Gasteiger partial charge in [0.05, 0.1) is 26.5 Å². The molecule has 1 amide bonds. The number of ether oxygens (including phenoxy) is 1. The van der Waals surface area contributed by atoms with Gasteiger partial charge in [-0.05, 0) is 37.3 Å². The maximum atomic E-state index is 12.3. The van der Waals surface area contributed by atoms with E-state index in [4.69, 9.17) is 51.1 Å². The van der Waals surface area contributed by atoms with Crippen LogP contribution in [0.15, 0.2) is 41.6 Å². The second-order valence-corrected chi connectivity index (χ2v) is 8.80. The predicted molar refractivity (Wildman–Crippen MR) is 122 cm³/mol. The monoisotopic (exact) mass is 504 g/mol. The Morgan fingerprint density at radius 3 is 2.60 bits per heavy atom. The van der Waals surface area contributed by atoms with E-state index in [-0.39, 0.29) is 17.8 Å². The van der Waals surface area contributed by atoms with Crippen molar-refractivity contribution < 1.29 is 9.53 Å². The summed E-state index contributed by atoms with van der Waals surface area (Å²) in [6, 6.07) is 10.1. The average Bonchev–Trinajstić information content (AvgIpc) is 3.05. The zero-order valence-corrected chi connectivity index (χ0v) is 19.7. The average molecular weight is 506 g/mol. The topological polar surface area (TPSA) is 69.0 Å². The molecule has 3 rings (SSSR count). The van der Waals surface area contributed by atoms with Gasteiger partial charge in [0.25, 0.3) is 0 Å². The van der Waals surface area contributed by atoms with Crippen molar-refractivity contribution in [1.82, 2.24) is 14.8 Å². The maximum absolute atomic E-state index is 12.3. The molecule has 1 N–H and O–H groups in total. The molecule has 158 valence electrons. The lowest BCUT2D eigenvalue weighted by Crippen LogP contribution is -2.15. The van der Waals surface area contributed by atoms with E-state index in [9.17, 15) is 4.79 Å². The molecule has 0 radical (unpaired) electrons. The summed E-state index contributed by atoms with van der Waals surface area (Å²) < 4.78 is 7.66. The number of halogens is 4. The Bertz CT molecular complexity index is 1080. The molecule has 30 heavy (non-hydrogen) atoms. The number of benzene rings is 2. The number of anilines is 1. The summed E-state index contributed by atoms with van der Waals surface area (Å²) in [4.78, 5) is 12.3. The Kier molecular flexibility index (Phi) is 7.76. The molecule has 3 aromatic rings. The number of carbonyl (C=O) groups excluding carboxylic acids is 1. The van der Waals surface area contributed by atoms with Crippen molar-refractivity contribution in [3.63, 3.8) is 0 Å². The van der Waals surface area contributed by atoms with Crippen molar-refractivity contribution in [2.45, 2.75) is 18.2 Å². The third kappa shape index (κ3) is 5.74. The van der Waals surface area contributed by atoms with Gasteiger partial charge in [-0.3, -0.25) is 4.79 Å². The first-order valence-electron chi connectivity index (χ1n) is 8.63. The molecule has 1 unspecified atom stereocenters. The van der Waals surface area contributed by atoms with E-state index in [1.807, 2.05) is 20.0 Å². The molecule has 0 aliphatic carbocycles. The van der Waals surface area contributed by atoms with Crippen LogP contribution in [0.3, 0.4) is 0 Å². The van der Waals surface area contributed by atoms with E-state index in [1.165, 1.54) is 23.9 Å². The number of nitrogens with one attached hydrogen (secondary N) is 1. The summed E-state index contributed by atoms with van der Waals surface area (Å²) in [6.45, 7) is 1.86. The van der Waals surface area contributed by atoms with E-state index >= 15 is 0 Å². The standard InChI is InChI=1S/C19H16Cl4N4O2S/c1-10(29-12-5-3-4-11(20)6-12)18-25-26-19(27(18)2)30-9-17(28)24-16-8-14(22)13(21)7-15(16)23/h3-8,10H,9H2,1-2H3,(H,24,28). The number of thioether (sulfide) groups is 1. The van der Waals surface area contributed by atoms with Crippen LogP contribution in [0.1, 0.15) is 18.9 Å². The van der Waals surface area contributed by atoms with Crippen molar-refractivity contribution in [3.8, 4) is 5.75 Å². The largest absolute Gasteiger partial charge is 0.483 e. The fourth-order valence-electron chi connectivity index (χ4n) is 2.54. The van der Waals surface area contributed by atoms with E-state index in [0.717, 1.165) is 0 Å². The molecule has 0 spiro atoms. The highest BCUT2D eigenvalue weighted by Crippen LogP contribution is 2.32. The first-order valence-corrected chi connectivity index (χ1v) is 11.1. The molecule has 0 fully saturated rings. The van der Waals surface area contributed by atoms with Gasteiger partial charge >= 0.3 is 0 Å². The lowest BCUT2D eigenvalue weighted by Gasteiger charge is -2.14. The quantitative estimate of drug-likeness (QED) is 0.301. The minimum Gasteiger partial charge on any atom is -0.483 e. The molecule has 1 heterocycles. The molecule has 1 aromatic heterocycles. The third-order valence-corrected chi connectivity index (χ3v) is 6.25. The Hall–Kier alpha value is -1.64. The molecule has 11 heteroatoms. The van der Waals surface area contributed by atoms with Gasteiger partial charge in [0.1, 0.15) is 5.75 Å². The van der Waals surface area contributed by atoms with Crippen LogP contribution in [0.5, 0.6) is 5.75 Å². The highest BCUT2D eigenvalue weighted by molar-refractivity contribution is 7.99. The zero-order chi connectivity index (χ0) is 21.8.